The van der Waals surface area contributed by atoms with Gasteiger partial charge in [-0.25, -0.2) is 14.4 Å². The molecule has 0 unspecified atom stereocenters. The Morgan fingerprint density at radius 3 is 2.03 bits per heavy atom. The molecule has 0 saturated heterocycles. The molecule has 0 aromatic heterocycles. The van der Waals surface area contributed by atoms with Gasteiger partial charge in [-0.15, -0.1) is 0 Å². The number of rotatable bonds is 4. The third-order valence-corrected chi connectivity index (χ3v) is 4.38. The Morgan fingerprint density at radius 1 is 0.862 bits per heavy atom. The van der Waals surface area contributed by atoms with E-state index in [4.69, 9.17) is 14.2 Å². The highest BCUT2D eigenvalue weighted by molar-refractivity contribution is 6.06. The van der Waals surface area contributed by atoms with Crippen molar-refractivity contribution in [3.05, 3.63) is 65.0 Å². The Hall–Kier alpha value is -3.35. The van der Waals surface area contributed by atoms with Crippen molar-refractivity contribution < 1.29 is 28.6 Å². The molecule has 29 heavy (non-hydrogen) atoms. The average molecular weight is 399 g/mol. The number of benzene rings is 1. The van der Waals surface area contributed by atoms with E-state index >= 15 is 0 Å². The normalized spacial score (nSPS) is 13.8. The van der Waals surface area contributed by atoms with Gasteiger partial charge in [0.2, 0.25) is 0 Å². The quantitative estimate of drug-likeness (QED) is 0.568. The third-order valence-electron chi connectivity index (χ3n) is 4.38. The van der Waals surface area contributed by atoms with Crippen molar-refractivity contribution in [2.24, 2.45) is 0 Å². The summed E-state index contributed by atoms with van der Waals surface area (Å²) in [6.45, 7) is 6.02. The second-order valence-electron chi connectivity index (χ2n) is 7.29. The number of nitrogens with zero attached hydrogens (tertiary/aromatic N) is 1. The molecule has 2 rings (SSSR count). The van der Waals surface area contributed by atoms with Crippen LogP contribution in [0.5, 0.6) is 0 Å². The zero-order valence-electron chi connectivity index (χ0n) is 17.4. The van der Waals surface area contributed by atoms with Gasteiger partial charge in [-0.2, -0.15) is 0 Å². The minimum absolute atomic E-state index is 0.0168. The van der Waals surface area contributed by atoms with Crippen molar-refractivity contribution >= 4 is 23.6 Å². The Balaban J connectivity index is 2.85. The van der Waals surface area contributed by atoms with E-state index in [0.717, 1.165) is 5.56 Å². The fraction of sp³-hybridized carbons (Fsp3) is 0.318. The number of allylic oxidation sites excluding steroid dienone is 2. The molecule has 0 aliphatic carbocycles. The predicted molar refractivity (Wildman–Crippen MR) is 108 cm³/mol. The number of hydrogen-bond donors (Lipinski definition) is 0. The van der Waals surface area contributed by atoms with Crippen molar-refractivity contribution in [1.82, 2.24) is 0 Å². The van der Waals surface area contributed by atoms with E-state index < -0.39 is 17.9 Å². The van der Waals surface area contributed by atoms with Gasteiger partial charge in [0.05, 0.1) is 38.2 Å². The van der Waals surface area contributed by atoms with Crippen LogP contribution in [0.25, 0.3) is 0 Å². The molecule has 1 heterocycles. The molecule has 0 bridgehead atoms. The first-order valence-electron chi connectivity index (χ1n) is 8.93. The summed E-state index contributed by atoms with van der Waals surface area (Å²) >= 11 is 0. The summed E-state index contributed by atoms with van der Waals surface area (Å²) in [5.74, 6) is -1.91. The molecule has 0 spiro atoms. The molecule has 0 saturated carbocycles. The lowest BCUT2D eigenvalue weighted by Crippen LogP contribution is -2.29. The maximum Gasteiger partial charge on any atom is 0.355 e. The summed E-state index contributed by atoms with van der Waals surface area (Å²) < 4.78 is 14.6. The second kappa shape index (κ2) is 8.77. The number of ether oxygens (including phenoxy) is 3. The molecule has 1 aromatic carbocycles. The number of carbonyl (C=O) groups excluding carboxylic acids is 3. The van der Waals surface area contributed by atoms with Crippen LogP contribution in [0.2, 0.25) is 0 Å². The van der Waals surface area contributed by atoms with Crippen LogP contribution >= 0.6 is 0 Å². The summed E-state index contributed by atoms with van der Waals surface area (Å²) in [6, 6.07) is 5.10. The summed E-state index contributed by atoms with van der Waals surface area (Å²) in [4.78, 5) is 38.7. The number of carbonyl (C=O) groups is 3. The standard InChI is InChI=1S/C22H25NO6/c1-22(2,3)16-11-10-14(19(24)27-4)13-17(16)23-12-8-7-9-15(20(25)28-5)18(23)21(26)29-6/h7-13H,1-6H3. The molecule has 7 nitrogen and oxygen atoms in total. The van der Waals surface area contributed by atoms with E-state index in [1.165, 1.54) is 32.3 Å². The molecular formula is C22H25NO6. The van der Waals surface area contributed by atoms with E-state index in [9.17, 15) is 14.4 Å². The van der Waals surface area contributed by atoms with Crippen molar-refractivity contribution in [3.8, 4) is 0 Å². The summed E-state index contributed by atoms with van der Waals surface area (Å²) in [6.07, 6.45) is 6.41. The largest absolute Gasteiger partial charge is 0.465 e. The fourth-order valence-electron chi connectivity index (χ4n) is 2.96. The topological polar surface area (TPSA) is 82.1 Å². The number of esters is 3. The Labute approximate surface area is 170 Å². The van der Waals surface area contributed by atoms with Gasteiger partial charge in [0, 0.05) is 6.20 Å². The lowest BCUT2D eigenvalue weighted by molar-refractivity contribution is -0.139. The summed E-state index contributed by atoms with van der Waals surface area (Å²) in [5.41, 5.74) is 1.39. The first-order valence-corrected chi connectivity index (χ1v) is 8.93. The van der Waals surface area contributed by atoms with E-state index in [1.54, 1.807) is 36.6 Å². The molecule has 0 amide bonds. The van der Waals surface area contributed by atoms with Crippen LogP contribution in [0.4, 0.5) is 5.69 Å². The molecule has 0 N–H and O–H groups in total. The third kappa shape index (κ3) is 4.56. The molecule has 0 radical (unpaired) electrons. The molecule has 154 valence electrons. The number of methoxy groups -OCH3 is 3. The van der Waals surface area contributed by atoms with E-state index in [1.807, 2.05) is 20.8 Å². The van der Waals surface area contributed by atoms with Gasteiger partial charge in [-0.05, 0) is 35.3 Å². The monoisotopic (exact) mass is 399 g/mol. The van der Waals surface area contributed by atoms with Crippen LogP contribution < -0.4 is 4.90 Å². The van der Waals surface area contributed by atoms with Crippen LogP contribution in [0.15, 0.2) is 53.9 Å². The molecule has 7 heteroatoms. The lowest BCUT2D eigenvalue weighted by Gasteiger charge is -2.30. The molecule has 1 aliphatic heterocycles. The molecular weight excluding hydrogens is 374 g/mol. The van der Waals surface area contributed by atoms with Crippen LogP contribution in [0, 0.1) is 0 Å². The Bertz CT molecular complexity index is 918. The van der Waals surface area contributed by atoms with Crippen molar-refractivity contribution in [2.45, 2.75) is 26.2 Å². The SMILES string of the molecule is COC(=O)C1=C(C(=O)OC)N(c2cc(C(=O)OC)ccc2C(C)(C)C)C=CC=C1. The van der Waals surface area contributed by atoms with Crippen LogP contribution in [0.3, 0.4) is 0 Å². The lowest BCUT2D eigenvalue weighted by atomic mass is 9.84. The first-order chi connectivity index (χ1) is 13.6. The average Bonchev–Trinajstić information content (AvgIpc) is 2.93. The molecule has 0 fully saturated rings. The van der Waals surface area contributed by atoms with Crippen LogP contribution in [0.1, 0.15) is 36.7 Å². The summed E-state index contributed by atoms with van der Waals surface area (Å²) in [5, 5.41) is 0. The maximum absolute atomic E-state index is 12.7. The highest BCUT2D eigenvalue weighted by Crippen LogP contribution is 2.36. The molecule has 1 aromatic rings. The van der Waals surface area contributed by atoms with Gasteiger partial charge in [0.25, 0.3) is 0 Å². The molecule has 0 atom stereocenters. The summed E-state index contributed by atoms with van der Waals surface area (Å²) in [7, 11) is 3.76. The van der Waals surface area contributed by atoms with Crippen molar-refractivity contribution in [1.29, 1.82) is 0 Å². The zero-order chi connectivity index (χ0) is 21.8. The van der Waals surface area contributed by atoms with Crippen LogP contribution in [-0.2, 0) is 29.2 Å². The Kier molecular flexibility index (Phi) is 6.64. The van der Waals surface area contributed by atoms with Gasteiger partial charge < -0.3 is 19.1 Å². The number of anilines is 1. The molecule has 1 aliphatic rings. The predicted octanol–water partition coefficient (Wildman–Crippen LogP) is 3.26. The van der Waals surface area contributed by atoms with Gasteiger partial charge in [-0.3, -0.25) is 0 Å². The minimum Gasteiger partial charge on any atom is -0.465 e. The van der Waals surface area contributed by atoms with E-state index in [-0.39, 0.29) is 16.7 Å². The van der Waals surface area contributed by atoms with E-state index in [0.29, 0.717) is 11.3 Å². The van der Waals surface area contributed by atoms with Gasteiger partial charge in [-0.1, -0.05) is 32.9 Å². The zero-order valence-corrected chi connectivity index (χ0v) is 17.4. The number of hydrogen-bond acceptors (Lipinski definition) is 7. The van der Waals surface area contributed by atoms with Gasteiger partial charge in [0.15, 0.2) is 0 Å². The van der Waals surface area contributed by atoms with Gasteiger partial charge in [0.1, 0.15) is 5.70 Å². The fourth-order valence-corrected chi connectivity index (χ4v) is 2.96. The van der Waals surface area contributed by atoms with Gasteiger partial charge >= 0.3 is 17.9 Å². The smallest absolute Gasteiger partial charge is 0.355 e. The highest BCUT2D eigenvalue weighted by atomic mass is 16.5. The minimum atomic E-state index is -0.718. The maximum atomic E-state index is 12.7. The highest BCUT2D eigenvalue weighted by Gasteiger charge is 2.31. The van der Waals surface area contributed by atoms with Crippen LogP contribution in [-0.4, -0.2) is 39.2 Å². The van der Waals surface area contributed by atoms with Crippen molar-refractivity contribution in [2.75, 3.05) is 26.2 Å². The second-order valence-corrected chi connectivity index (χ2v) is 7.29. The first kappa shape index (κ1) is 21.9. The van der Waals surface area contributed by atoms with E-state index in [2.05, 4.69) is 0 Å². The Morgan fingerprint density at radius 2 is 1.48 bits per heavy atom. The van der Waals surface area contributed by atoms with Crippen molar-refractivity contribution in [3.63, 3.8) is 0 Å².